The summed E-state index contributed by atoms with van der Waals surface area (Å²) in [6.45, 7) is 4.83. The summed E-state index contributed by atoms with van der Waals surface area (Å²) < 4.78 is 13.0. The molecule has 0 bridgehead atoms. The number of nitrogens with one attached hydrogen (secondary N) is 1. The summed E-state index contributed by atoms with van der Waals surface area (Å²) in [5.41, 5.74) is 1.13. The molecule has 106 valence electrons. The summed E-state index contributed by atoms with van der Waals surface area (Å²) in [5.74, 6) is 0.942. The number of aliphatic hydroxyl groups is 1. The van der Waals surface area contributed by atoms with Crippen LogP contribution in [0.5, 0.6) is 0 Å². The molecule has 0 spiro atoms. The Morgan fingerprint density at radius 3 is 2.42 bits per heavy atom. The van der Waals surface area contributed by atoms with E-state index in [4.69, 9.17) is 0 Å². The topological polar surface area (TPSA) is 32.3 Å². The summed E-state index contributed by atoms with van der Waals surface area (Å²) in [5, 5.41) is 13.4. The largest absolute Gasteiger partial charge is 0.392 e. The highest BCUT2D eigenvalue weighted by Crippen LogP contribution is 2.41. The Balaban J connectivity index is 1.91. The fourth-order valence-electron chi connectivity index (χ4n) is 2.55. The van der Waals surface area contributed by atoms with Crippen LogP contribution in [0.1, 0.15) is 44.7 Å². The Labute approximate surface area is 115 Å². The van der Waals surface area contributed by atoms with Gasteiger partial charge in [-0.1, -0.05) is 26.0 Å². The van der Waals surface area contributed by atoms with Gasteiger partial charge in [0.1, 0.15) is 5.82 Å². The predicted molar refractivity (Wildman–Crippen MR) is 75.3 cm³/mol. The summed E-state index contributed by atoms with van der Waals surface area (Å²) in [4.78, 5) is 0. The molecule has 1 aromatic rings. The zero-order chi connectivity index (χ0) is 13.8. The van der Waals surface area contributed by atoms with Gasteiger partial charge in [0.25, 0.3) is 0 Å². The third-order valence-electron chi connectivity index (χ3n) is 3.64. The van der Waals surface area contributed by atoms with E-state index in [0.29, 0.717) is 18.4 Å². The molecule has 0 aliphatic heterocycles. The second kappa shape index (κ2) is 6.49. The predicted octanol–water partition coefficient (Wildman–Crippen LogP) is 3.27. The Kier molecular flexibility index (Phi) is 4.94. The molecule has 2 unspecified atom stereocenters. The molecule has 1 fully saturated rings. The Bertz CT molecular complexity index is 386. The Morgan fingerprint density at radius 1 is 1.26 bits per heavy atom. The van der Waals surface area contributed by atoms with Crippen molar-refractivity contribution >= 4 is 0 Å². The van der Waals surface area contributed by atoms with Gasteiger partial charge in [-0.25, -0.2) is 4.39 Å². The van der Waals surface area contributed by atoms with Crippen molar-refractivity contribution in [3.05, 3.63) is 35.6 Å². The molecule has 2 rings (SSSR count). The number of halogens is 1. The number of hydrogen-bond acceptors (Lipinski definition) is 2. The molecule has 3 heteroatoms. The van der Waals surface area contributed by atoms with E-state index in [0.717, 1.165) is 12.0 Å². The second-order valence-corrected chi connectivity index (χ2v) is 6.06. The molecule has 0 saturated heterocycles. The van der Waals surface area contributed by atoms with Gasteiger partial charge in [0, 0.05) is 12.6 Å². The molecule has 0 aromatic heterocycles. The van der Waals surface area contributed by atoms with Gasteiger partial charge in [-0.15, -0.1) is 0 Å². The molecular weight excluding hydrogens is 241 g/mol. The van der Waals surface area contributed by atoms with Gasteiger partial charge in [-0.05, 0) is 48.8 Å². The lowest BCUT2D eigenvalue weighted by Gasteiger charge is -2.22. The fraction of sp³-hybridized carbons (Fsp3) is 0.625. The first-order valence-corrected chi connectivity index (χ1v) is 7.23. The van der Waals surface area contributed by atoms with Crippen molar-refractivity contribution in [2.24, 2.45) is 11.8 Å². The van der Waals surface area contributed by atoms with Crippen molar-refractivity contribution < 1.29 is 9.50 Å². The third-order valence-corrected chi connectivity index (χ3v) is 3.64. The van der Waals surface area contributed by atoms with E-state index < -0.39 is 0 Å². The Morgan fingerprint density at radius 2 is 1.89 bits per heavy atom. The molecule has 2 atom stereocenters. The lowest BCUT2D eigenvalue weighted by molar-refractivity contribution is 0.141. The van der Waals surface area contributed by atoms with Crippen molar-refractivity contribution in [3.63, 3.8) is 0 Å². The van der Waals surface area contributed by atoms with Crippen LogP contribution in [0.2, 0.25) is 0 Å². The maximum atomic E-state index is 13.0. The van der Waals surface area contributed by atoms with Crippen molar-refractivity contribution in [1.82, 2.24) is 5.32 Å². The van der Waals surface area contributed by atoms with E-state index in [1.807, 2.05) is 12.1 Å². The van der Waals surface area contributed by atoms with E-state index >= 15 is 0 Å². The lowest BCUT2D eigenvalue weighted by atomic mass is 10.0. The van der Waals surface area contributed by atoms with E-state index in [2.05, 4.69) is 19.2 Å². The minimum atomic E-state index is -0.304. The van der Waals surface area contributed by atoms with Gasteiger partial charge >= 0.3 is 0 Å². The van der Waals surface area contributed by atoms with E-state index in [1.54, 1.807) is 0 Å². The smallest absolute Gasteiger partial charge is 0.123 e. The average Bonchev–Trinajstić information content (AvgIpc) is 3.15. The van der Waals surface area contributed by atoms with E-state index in [1.165, 1.54) is 25.0 Å². The SMILES string of the molecule is CC(C)CC(O)CNC(c1ccc(F)cc1)C1CC1. The molecule has 2 nitrogen and oxygen atoms in total. The molecule has 1 aromatic carbocycles. The summed E-state index contributed by atoms with van der Waals surface area (Å²) in [6.07, 6.45) is 2.94. The number of hydrogen-bond donors (Lipinski definition) is 2. The van der Waals surface area contributed by atoms with Crippen molar-refractivity contribution in [1.29, 1.82) is 0 Å². The van der Waals surface area contributed by atoms with Gasteiger partial charge < -0.3 is 10.4 Å². The molecule has 1 aliphatic carbocycles. The molecule has 19 heavy (non-hydrogen) atoms. The van der Waals surface area contributed by atoms with Crippen LogP contribution in [0, 0.1) is 17.7 Å². The first-order valence-electron chi connectivity index (χ1n) is 7.23. The van der Waals surface area contributed by atoms with Crippen LogP contribution in [0.25, 0.3) is 0 Å². The Hall–Kier alpha value is -0.930. The highest BCUT2D eigenvalue weighted by Gasteiger charge is 2.32. The van der Waals surface area contributed by atoms with Gasteiger partial charge in [0.2, 0.25) is 0 Å². The van der Waals surface area contributed by atoms with Gasteiger partial charge in [-0.3, -0.25) is 0 Å². The van der Waals surface area contributed by atoms with Crippen LogP contribution in [0.15, 0.2) is 24.3 Å². The minimum Gasteiger partial charge on any atom is -0.392 e. The van der Waals surface area contributed by atoms with Crippen molar-refractivity contribution in [2.45, 2.75) is 45.3 Å². The molecule has 2 N–H and O–H groups in total. The molecule has 1 aliphatic rings. The number of rotatable bonds is 7. The molecule has 0 amide bonds. The zero-order valence-electron chi connectivity index (χ0n) is 11.8. The zero-order valence-corrected chi connectivity index (χ0v) is 11.8. The van der Waals surface area contributed by atoms with Crippen LogP contribution in [-0.2, 0) is 0 Å². The van der Waals surface area contributed by atoms with Crippen LogP contribution in [-0.4, -0.2) is 17.8 Å². The highest BCUT2D eigenvalue weighted by molar-refractivity contribution is 5.22. The molecule has 0 heterocycles. The highest BCUT2D eigenvalue weighted by atomic mass is 19.1. The summed E-state index contributed by atoms with van der Waals surface area (Å²) in [6, 6.07) is 6.97. The van der Waals surface area contributed by atoms with E-state index in [-0.39, 0.29) is 18.0 Å². The van der Waals surface area contributed by atoms with Crippen LogP contribution in [0.4, 0.5) is 4.39 Å². The first kappa shape index (κ1) is 14.5. The second-order valence-electron chi connectivity index (χ2n) is 6.06. The van der Waals surface area contributed by atoms with Crippen molar-refractivity contribution in [2.75, 3.05) is 6.54 Å². The maximum Gasteiger partial charge on any atom is 0.123 e. The van der Waals surface area contributed by atoms with Gasteiger partial charge in [-0.2, -0.15) is 0 Å². The van der Waals surface area contributed by atoms with Crippen LogP contribution < -0.4 is 5.32 Å². The molecule has 1 saturated carbocycles. The summed E-state index contributed by atoms with van der Waals surface area (Å²) >= 11 is 0. The maximum absolute atomic E-state index is 13.0. The molecule has 0 radical (unpaired) electrons. The monoisotopic (exact) mass is 265 g/mol. The minimum absolute atomic E-state index is 0.196. The summed E-state index contributed by atoms with van der Waals surface area (Å²) in [7, 11) is 0. The van der Waals surface area contributed by atoms with Gasteiger partial charge in [0.15, 0.2) is 0 Å². The number of aliphatic hydroxyl groups excluding tert-OH is 1. The number of benzene rings is 1. The normalized spacial score (nSPS) is 18.6. The third kappa shape index (κ3) is 4.59. The van der Waals surface area contributed by atoms with Gasteiger partial charge in [0.05, 0.1) is 6.10 Å². The van der Waals surface area contributed by atoms with E-state index in [9.17, 15) is 9.50 Å². The first-order chi connectivity index (χ1) is 9.06. The van der Waals surface area contributed by atoms with Crippen LogP contribution >= 0.6 is 0 Å². The average molecular weight is 265 g/mol. The van der Waals surface area contributed by atoms with Crippen LogP contribution in [0.3, 0.4) is 0 Å². The quantitative estimate of drug-likeness (QED) is 0.793. The molecular formula is C16H24FNO. The fourth-order valence-corrected chi connectivity index (χ4v) is 2.55. The standard InChI is InChI=1S/C16H24FNO/c1-11(2)9-15(19)10-18-16(12-3-4-12)13-5-7-14(17)8-6-13/h5-8,11-12,15-16,18-19H,3-4,9-10H2,1-2H3. The lowest BCUT2D eigenvalue weighted by Crippen LogP contribution is -2.32. The van der Waals surface area contributed by atoms with Crippen molar-refractivity contribution in [3.8, 4) is 0 Å².